The van der Waals surface area contributed by atoms with Crippen molar-refractivity contribution >= 4 is 11.8 Å². The topological polar surface area (TPSA) is 83.1 Å². The van der Waals surface area contributed by atoms with Crippen molar-refractivity contribution in [2.45, 2.75) is 44.6 Å². The highest BCUT2D eigenvalue weighted by atomic mass is 16.5. The summed E-state index contributed by atoms with van der Waals surface area (Å²) in [5.74, 6) is 0.781. The number of methoxy groups -OCH3 is 2. The lowest BCUT2D eigenvalue weighted by atomic mass is 9.71. The van der Waals surface area contributed by atoms with Crippen LogP contribution in [-0.2, 0) is 27.4 Å². The van der Waals surface area contributed by atoms with Gasteiger partial charge < -0.3 is 24.3 Å². The fourth-order valence-corrected chi connectivity index (χ4v) is 6.46. The molecular formula is C40H39NO6. The molecule has 0 bridgehead atoms. The van der Waals surface area contributed by atoms with E-state index in [1.54, 1.807) is 14.2 Å². The molecule has 1 aliphatic carbocycles. The van der Waals surface area contributed by atoms with Crippen LogP contribution in [0.2, 0.25) is 0 Å². The second kappa shape index (κ2) is 14.4. The number of hydrogen-bond donors (Lipinski definition) is 1. The highest BCUT2D eigenvalue weighted by Gasteiger charge is 2.41. The standard InChI is InChI=1S/C40H39NO6/c1-26-37(40(43)46-21-20-27-10-6-4-7-11-27)38(30-16-19-35(36(24-30)45-3)47-25-28-12-8-5-9-13-28)39-33(41-26)22-31(23-34(39)42)29-14-17-32(44-2)18-15-29/h4-19,24,31,38,41H,20-23,25H2,1-3H3/t31-,38-/m1/s1. The Kier molecular flexibility index (Phi) is 9.72. The molecule has 2 aliphatic rings. The van der Waals surface area contributed by atoms with Gasteiger partial charge >= 0.3 is 5.97 Å². The minimum absolute atomic E-state index is 0.00391. The van der Waals surface area contributed by atoms with Gasteiger partial charge in [0.2, 0.25) is 0 Å². The average molecular weight is 630 g/mol. The Morgan fingerprint density at radius 2 is 1.47 bits per heavy atom. The van der Waals surface area contributed by atoms with Crippen LogP contribution in [0.4, 0.5) is 0 Å². The van der Waals surface area contributed by atoms with Crippen LogP contribution in [-0.4, -0.2) is 32.6 Å². The number of benzene rings is 4. The van der Waals surface area contributed by atoms with E-state index < -0.39 is 11.9 Å². The number of esters is 1. The van der Waals surface area contributed by atoms with Gasteiger partial charge in [-0.1, -0.05) is 78.9 Å². The molecule has 0 amide bonds. The maximum Gasteiger partial charge on any atom is 0.336 e. The predicted octanol–water partition coefficient (Wildman–Crippen LogP) is 7.43. The van der Waals surface area contributed by atoms with E-state index in [0.717, 1.165) is 33.7 Å². The Morgan fingerprint density at radius 1 is 0.787 bits per heavy atom. The molecule has 1 aliphatic heterocycles. The predicted molar refractivity (Wildman–Crippen MR) is 180 cm³/mol. The summed E-state index contributed by atoms with van der Waals surface area (Å²) in [6, 6.07) is 33.3. The highest BCUT2D eigenvalue weighted by molar-refractivity contribution is 6.04. The average Bonchev–Trinajstić information content (AvgIpc) is 3.10. The van der Waals surface area contributed by atoms with Crippen LogP contribution >= 0.6 is 0 Å². The van der Waals surface area contributed by atoms with E-state index in [4.69, 9.17) is 18.9 Å². The van der Waals surface area contributed by atoms with Crippen LogP contribution in [0.3, 0.4) is 0 Å². The molecule has 0 saturated carbocycles. The normalized spacial score (nSPS) is 17.5. The first-order valence-electron chi connectivity index (χ1n) is 15.9. The Balaban J connectivity index is 1.33. The molecule has 0 fully saturated rings. The van der Waals surface area contributed by atoms with Crippen molar-refractivity contribution < 1.29 is 28.5 Å². The number of carbonyl (C=O) groups is 2. The largest absolute Gasteiger partial charge is 0.497 e. The summed E-state index contributed by atoms with van der Waals surface area (Å²) in [5.41, 5.74) is 6.46. The molecule has 7 heteroatoms. The smallest absolute Gasteiger partial charge is 0.336 e. The third kappa shape index (κ3) is 7.09. The number of ketones is 1. The van der Waals surface area contributed by atoms with E-state index in [2.05, 4.69) is 5.32 Å². The summed E-state index contributed by atoms with van der Waals surface area (Å²) in [6.07, 6.45) is 1.55. The van der Waals surface area contributed by atoms with Crippen molar-refractivity contribution in [3.05, 3.63) is 148 Å². The van der Waals surface area contributed by atoms with Crippen molar-refractivity contribution in [2.75, 3.05) is 20.8 Å². The number of nitrogens with one attached hydrogen (secondary N) is 1. The van der Waals surface area contributed by atoms with E-state index in [9.17, 15) is 9.59 Å². The zero-order valence-electron chi connectivity index (χ0n) is 27.0. The van der Waals surface area contributed by atoms with Crippen LogP contribution in [0, 0.1) is 0 Å². The lowest BCUT2D eigenvalue weighted by Gasteiger charge is -2.37. The first kappa shape index (κ1) is 31.7. The lowest BCUT2D eigenvalue weighted by molar-refractivity contribution is -0.139. The SMILES string of the molecule is COc1ccc([C@H]2CC(=O)C3=C(C2)NC(C)=C(C(=O)OCCc2ccccc2)[C@H]3c2ccc(OCc3ccccc3)c(OC)c2)cc1. The van der Waals surface area contributed by atoms with Gasteiger partial charge in [0.1, 0.15) is 12.4 Å². The Hall–Kier alpha value is -5.30. The summed E-state index contributed by atoms with van der Waals surface area (Å²) in [6.45, 7) is 2.48. The van der Waals surface area contributed by atoms with E-state index >= 15 is 0 Å². The molecule has 0 spiro atoms. The Bertz CT molecular complexity index is 1790. The minimum atomic E-state index is -0.628. The molecular weight excluding hydrogens is 590 g/mol. The van der Waals surface area contributed by atoms with Crippen LogP contribution in [0.15, 0.2) is 126 Å². The molecule has 0 radical (unpaired) electrons. The van der Waals surface area contributed by atoms with Crippen LogP contribution in [0.1, 0.15) is 53.9 Å². The quantitative estimate of drug-likeness (QED) is 0.173. The monoisotopic (exact) mass is 629 g/mol. The van der Waals surface area contributed by atoms with Crippen molar-refractivity contribution in [1.29, 1.82) is 0 Å². The van der Waals surface area contributed by atoms with Gasteiger partial charge in [0.05, 0.1) is 26.4 Å². The number of allylic oxidation sites excluding steroid dienone is 3. The maximum atomic E-state index is 14.1. The maximum absolute atomic E-state index is 14.1. The molecule has 1 heterocycles. The Labute approximate surface area is 275 Å². The van der Waals surface area contributed by atoms with Crippen LogP contribution in [0.25, 0.3) is 0 Å². The van der Waals surface area contributed by atoms with Crippen molar-refractivity contribution in [1.82, 2.24) is 5.32 Å². The summed E-state index contributed by atoms with van der Waals surface area (Å²) < 4.78 is 23.1. The molecule has 0 unspecified atom stereocenters. The fourth-order valence-electron chi connectivity index (χ4n) is 6.46. The number of carbonyl (C=O) groups excluding carboxylic acids is 2. The molecule has 47 heavy (non-hydrogen) atoms. The van der Waals surface area contributed by atoms with Gasteiger partial charge in [-0.25, -0.2) is 4.79 Å². The van der Waals surface area contributed by atoms with Crippen molar-refractivity contribution in [3.63, 3.8) is 0 Å². The highest BCUT2D eigenvalue weighted by Crippen LogP contribution is 2.47. The molecule has 0 saturated heterocycles. The van der Waals surface area contributed by atoms with Gasteiger partial charge in [0.25, 0.3) is 0 Å². The molecule has 0 aromatic heterocycles. The Morgan fingerprint density at radius 3 is 2.15 bits per heavy atom. The second-order valence-corrected chi connectivity index (χ2v) is 11.8. The van der Waals surface area contributed by atoms with Gasteiger partial charge in [-0.15, -0.1) is 0 Å². The third-order valence-corrected chi connectivity index (χ3v) is 8.86. The molecule has 1 N–H and O–H groups in total. The molecule has 2 atom stereocenters. The van der Waals surface area contributed by atoms with E-state index in [0.29, 0.717) is 54.2 Å². The summed E-state index contributed by atoms with van der Waals surface area (Å²) in [4.78, 5) is 28.0. The number of ether oxygens (including phenoxy) is 4. The second-order valence-electron chi connectivity index (χ2n) is 11.8. The number of dihydropyridines is 1. The fraction of sp³-hybridized carbons (Fsp3) is 0.250. The van der Waals surface area contributed by atoms with Gasteiger partial charge in [-0.3, -0.25) is 4.79 Å². The van der Waals surface area contributed by atoms with Crippen LogP contribution < -0.4 is 19.5 Å². The summed E-state index contributed by atoms with van der Waals surface area (Å²) in [7, 11) is 3.23. The lowest BCUT2D eigenvalue weighted by Crippen LogP contribution is -2.36. The van der Waals surface area contributed by atoms with Crippen molar-refractivity contribution in [2.24, 2.45) is 0 Å². The number of rotatable bonds is 11. The van der Waals surface area contributed by atoms with Gasteiger partial charge in [0.15, 0.2) is 17.3 Å². The number of hydrogen-bond acceptors (Lipinski definition) is 7. The third-order valence-electron chi connectivity index (χ3n) is 8.86. The summed E-state index contributed by atoms with van der Waals surface area (Å²) >= 11 is 0. The summed E-state index contributed by atoms with van der Waals surface area (Å²) in [5, 5.41) is 3.45. The number of Topliss-reactive ketones (excluding diaryl/α,β-unsaturated/α-hetero) is 1. The molecule has 240 valence electrons. The van der Waals surface area contributed by atoms with Gasteiger partial charge in [-0.05, 0) is 65.8 Å². The molecule has 6 rings (SSSR count). The van der Waals surface area contributed by atoms with Gasteiger partial charge in [0, 0.05) is 35.7 Å². The zero-order valence-corrected chi connectivity index (χ0v) is 27.0. The van der Waals surface area contributed by atoms with E-state index in [1.165, 1.54) is 0 Å². The van der Waals surface area contributed by atoms with Crippen molar-refractivity contribution in [3.8, 4) is 17.2 Å². The first-order chi connectivity index (χ1) is 22.9. The minimum Gasteiger partial charge on any atom is -0.497 e. The first-order valence-corrected chi connectivity index (χ1v) is 15.9. The van der Waals surface area contributed by atoms with E-state index in [-0.39, 0.29) is 18.3 Å². The molecule has 7 nitrogen and oxygen atoms in total. The zero-order chi connectivity index (χ0) is 32.8. The molecule has 4 aromatic rings. The molecule has 4 aromatic carbocycles. The van der Waals surface area contributed by atoms with Gasteiger partial charge in [-0.2, -0.15) is 0 Å². The van der Waals surface area contributed by atoms with E-state index in [1.807, 2.05) is 110 Å². The van der Waals surface area contributed by atoms with Crippen LogP contribution in [0.5, 0.6) is 17.2 Å².